The van der Waals surface area contributed by atoms with E-state index in [1.807, 2.05) is 20.8 Å². The molecule has 0 fully saturated rings. The SMILES string of the molecule is CC(C)(C)CC(=O)OCC(=O)NNC(=O)COc1ccc(Br)cc1. The third kappa shape index (κ3) is 9.14. The number of halogens is 1. The first-order valence-corrected chi connectivity index (χ1v) is 8.07. The number of hydrogen-bond donors (Lipinski definition) is 2. The fraction of sp³-hybridized carbons (Fsp3) is 0.438. The van der Waals surface area contributed by atoms with E-state index < -0.39 is 24.4 Å². The van der Waals surface area contributed by atoms with Gasteiger partial charge in [-0.25, -0.2) is 0 Å². The van der Waals surface area contributed by atoms with Gasteiger partial charge in [-0.1, -0.05) is 36.7 Å². The summed E-state index contributed by atoms with van der Waals surface area (Å²) in [5.74, 6) is -1.11. The number of carbonyl (C=O) groups is 3. The Bertz CT molecular complexity index is 581. The zero-order valence-corrected chi connectivity index (χ0v) is 15.4. The summed E-state index contributed by atoms with van der Waals surface area (Å²) in [4.78, 5) is 34.5. The maximum atomic E-state index is 11.5. The molecule has 24 heavy (non-hydrogen) atoms. The first-order valence-electron chi connectivity index (χ1n) is 7.27. The highest BCUT2D eigenvalue weighted by molar-refractivity contribution is 9.10. The Morgan fingerprint density at radius 1 is 1.00 bits per heavy atom. The van der Waals surface area contributed by atoms with Crippen LogP contribution in [-0.4, -0.2) is 31.0 Å². The molecule has 0 aliphatic carbocycles. The van der Waals surface area contributed by atoms with Crippen molar-refractivity contribution in [2.75, 3.05) is 13.2 Å². The van der Waals surface area contributed by atoms with E-state index in [-0.39, 0.29) is 18.4 Å². The molecular weight excluding hydrogens is 380 g/mol. The van der Waals surface area contributed by atoms with Gasteiger partial charge in [0, 0.05) is 4.47 Å². The molecule has 0 heterocycles. The lowest BCUT2D eigenvalue weighted by Crippen LogP contribution is -2.45. The van der Waals surface area contributed by atoms with Crippen molar-refractivity contribution >= 4 is 33.7 Å². The number of rotatable bonds is 6. The van der Waals surface area contributed by atoms with Crippen LogP contribution in [0.15, 0.2) is 28.7 Å². The molecule has 1 aromatic rings. The average Bonchev–Trinajstić information content (AvgIpc) is 2.48. The highest BCUT2D eigenvalue weighted by atomic mass is 79.9. The quantitative estimate of drug-likeness (QED) is 0.562. The van der Waals surface area contributed by atoms with Crippen LogP contribution in [0.1, 0.15) is 27.2 Å². The molecule has 0 unspecified atom stereocenters. The summed E-state index contributed by atoms with van der Waals surface area (Å²) in [6.07, 6.45) is 0.202. The predicted molar refractivity (Wildman–Crippen MR) is 91.0 cm³/mol. The van der Waals surface area contributed by atoms with Gasteiger partial charge < -0.3 is 9.47 Å². The number of carbonyl (C=O) groups excluding carboxylic acids is 3. The second kappa shape index (κ2) is 9.27. The van der Waals surface area contributed by atoms with Crippen LogP contribution >= 0.6 is 15.9 Å². The molecule has 0 aromatic heterocycles. The van der Waals surface area contributed by atoms with Crippen molar-refractivity contribution < 1.29 is 23.9 Å². The molecule has 8 heteroatoms. The molecule has 0 atom stereocenters. The van der Waals surface area contributed by atoms with Gasteiger partial charge in [0.2, 0.25) is 0 Å². The second-order valence-electron chi connectivity index (χ2n) is 6.24. The lowest BCUT2D eigenvalue weighted by molar-refractivity contribution is -0.150. The van der Waals surface area contributed by atoms with Crippen molar-refractivity contribution in [3.05, 3.63) is 28.7 Å². The highest BCUT2D eigenvalue weighted by Gasteiger charge is 2.18. The Morgan fingerprint density at radius 3 is 2.08 bits per heavy atom. The van der Waals surface area contributed by atoms with Gasteiger partial charge in [-0.3, -0.25) is 25.2 Å². The molecular formula is C16H21BrN2O5. The Balaban J connectivity index is 2.20. The predicted octanol–water partition coefficient (Wildman–Crippen LogP) is 1.95. The molecule has 2 amide bonds. The molecule has 0 saturated heterocycles. The van der Waals surface area contributed by atoms with Crippen LogP contribution < -0.4 is 15.6 Å². The third-order valence-electron chi connectivity index (χ3n) is 2.56. The van der Waals surface area contributed by atoms with Gasteiger partial charge in [0.1, 0.15) is 5.75 Å². The molecule has 0 radical (unpaired) electrons. The normalized spacial score (nSPS) is 10.7. The van der Waals surface area contributed by atoms with Crippen molar-refractivity contribution in [2.24, 2.45) is 5.41 Å². The molecule has 2 N–H and O–H groups in total. The summed E-state index contributed by atoms with van der Waals surface area (Å²) < 4.78 is 10.9. The van der Waals surface area contributed by atoms with Crippen molar-refractivity contribution in [1.82, 2.24) is 10.9 Å². The lowest BCUT2D eigenvalue weighted by atomic mass is 9.93. The van der Waals surface area contributed by atoms with Crippen LogP contribution in [0, 0.1) is 5.41 Å². The summed E-state index contributed by atoms with van der Waals surface area (Å²) in [6, 6.07) is 6.96. The van der Waals surface area contributed by atoms with E-state index in [1.54, 1.807) is 24.3 Å². The maximum Gasteiger partial charge on any atom is 0.306 e. The van der Waals surface area contributed by atoms with Gasteiger partial charge in [-0.05, 0) is 29.7 Å². The monoisotopic (exact) mass is 400 g/mol. The first kappa shape index (κ1) is 20.0. The van der Waals surface area contributed by atoms with Gasteiger partial charge in [0.15, 0.2) is 13.2 Å². The van der Waals surface area contributed by atoms with E-state index in [2.05, 4.69) is 26.8 Å². The Kier molecular flexibility index (Phi) is 7.70. The molecule has 132 valence electrons. The van der Waals surface area contributed by atoms with Gasteiger partial charge >= 0.3 is 5.97 Å². The van der Waals surface area contributed by atoms with E-state index >= 15 is 0 Å². The van der Waals surface area contributed by atoms with Gasteiger partial charge in [0.05, 0.1) is 6.42 Å². The van der Waals surface area contributed by atoms with Crippen LogP contribution in [0.4, 0.5) is 0 Å². The van der Waals surface area contributed by atoms with Gasteiger partial charge in [-0.2, -0.15) is 0 Å². The number of amides is 2. The summed E-state index contributed by atoms with van der Waals surface area (Å²) in [7, 11) is 0. The first-order chi connectivity index (χ1) is 11.2. The molecule has 7 nitrogen and oxygen atoms in total. The minimum absolute atomic E-state index is 0.202. The smallest absolute Gasteiger partial charge is 0.306 e. The molecule has 0 saturated carbocycles. The Hall–Kier alpha value is -2.09. The van der Waals surface area contributed by atoms with Crippen molar-refractivity contribution in [3.8, 4) is 5.75 Å². The zero-order chi connectivity index (χ0) is 18.2. The molecule has 0 spiro atoms. The standard InChI is InChI=1S/C16H21BrN2O5/c1-16(2,3)8-15(22)24-10-14(21)19-18-13(20)9-23-12-6-4-11(17)5-7-12/h4-7H,8-10H2,1-3H3,(H,18,20)(H,19,21). The van der Waals surface area contributed by atoms with E-state index in [1.165, 1.54) is 0 Å². The van der Waals surface area contributed by atoms with Crippen LogP contribution in [-0.2, 0) is 19.1 Å². The third-order valence-corrected chi connectivity index (χ3v) is 3.09. The second-order valence-corrected chi connectivity index (χ2v) is 7.15. The maximum absolute atomic E-state index is 11.5. The van der Waals surface area contributed by atoms with E-state index in [0.29, 0.717) is 5.75 Å². The summed E-state index contributed by atoms with van der Waals surface area (Å²) in [6.45, 7) is 4.95. The van der Waals surface area contributed by atoms with Crippen LogP contribution in [0.3, 0.4) is 0 Å². The van der Waals surface area contributed by atoms with E-state index in [0.717, 1.165) is 4.47 Å². The molecule has 0 aliphatic heterocycles. The molecule has 0 bridgehead atoms. The fourth-order valence-corrected chi connectivity index (χ4v) is 1.79. The minimum Gasteiger partial charge on any atom is -0.484 e. The Morgan fingerprint density at radius 2 is 1.54 bits per heavy atom. The molecule has 1 aromatic carbocycles. The summed E-state index contributed by atoms with van der Waals surface area (Å²) in [5.41, 5.74) is 4.10. The van der Waals surface area contributed by atoms with Gasteiger partial charge in [-0.15, -0.1) is 0 Å². The minimum atomic E-state index is -0.630. The molecule has 0 aliphatic rings. The number of hydrogen-bond acceptors (Lipinski definition) is 5. The van der Waals surface area contributed by atoms with Crippen molar-refractivity contribution in [1.29, 1.82) is 0 Å². The van der Waals surface area contributed by atoms with E-state index in [4.69, 9.17) is 9.47 Å². The lowest BCUT2D eigenvalue weighted by Gasteiger charge is -2.16. The van der Waals surface area contributed by atoms with Crippen molar-refractivity contribution in [3.63, 3.8) is 0 Å². The molecule has 1 rings (SSSR count). The zero-order valence-electron chi connectivity index (χ0n) is 13.8. The number of benzene rings is 1. The summed E-state index contributed by atoms with van der Waals surface area (Å²) in [5, 5.41) is 0. The van der Waals surface area contributed by atoms with Crippen LogP contribution in [0.25, 0.3) is 0 Å². The fourth-order valence-electron chi connectivity index (χ4n) is 1.52. The largest absolute Gasteiger partial charge is 0.484 e. The average molecular weight is 401 g/mol. The summed E-state index contributed by atoms with van der Waals surface area (Å²) >= 11 is 3.29. The van der Waals surface area contributed by atoms with Crippen LogP contribution in [0.2, 0.25) is 0 Å². The van der Waals surface area contributed by atoms with Crippen molar-refractivity contribution in [2.45, 2.75) is 27.2 Å². The number of nitrogens with one attached hydrogen (secondary N) is 2. The van der Waals surface area contributed by atoms with Crippen LogP contribution in [0.5, 0.6) is 5.75 Å². The highest BCUT2D eigenvalue weighted by Crippen LogP contribution is 2.18. The topological polar surface area (TPSA) is 93.7 Å². The van der Waals surface area contributed by atoms with Gasteiger partial charge in [0.25, 0.3) is 11.8 Å². The number of esters is 1. The number of hydrazine groups is 1. The number of ether oxygens (including phenoxy) is 2. The Labute approximate surface area is 149 Å². The van der Waals surface area contributed by atoms with E-state index in [9.17, 15) is 14.4 Å².